The molecule has 0 aromatic heterocycles. The lowest BCUT2D eigenvalue weighted by molar-refractivity contribution is -0.275. The van der Waals surface area contributed by atoms with Crippen molar-refractivity contribution in [3.63, 3.8) is 0 Å². The van der Waals surface area contributed by atoms with E-state index in [1.807, 2.05) is 136 Å². The Hall–Kier alpha value is -3.14. The quantitative estimate of drug-likeness (QED) is 0.0188. The van der Waals surface area contributed by atoms with E-state index < -0.39 is 97.0 Å². The summed E-state index contributed by atoms with van der Waals surface area (Å²) in [5.74, 6) is -3.90. The maximum Gasteiger partial charge on any atom is 0.421 e. The molecule has 0 radical (unpaired) electrons. The summed E-state index contributed by atoms with van der Waals surface area (Å²) in [6.07, 6.45) is -14.4. The van der Waals surface area contributed by atoms with Gasteiger partial charge >= 0.3 is 28.6 Å². The molecule has 8 aromatic rings. The Morgan fingerprint density at radius 2 is 0.785 bits per heavy atom. The summed E-state index contributed by atoms with van der Waals surface area (Å²) in [7, 11) is -13.1. The summed E-state index contributed by atoms with van der Waals surface area (Å²) >= 11 is 11.7. The van der Waals surface area contributed by atoms with E-state index >= 15 is 0 Å². The highest BCUT2D eigenvalue weighted by molar-refractivity contribution is 14.1. The molecule has 3 unspecified atom stereocenters. The van der Waals surface area contributed by atoms with Gasteiger partial charge in [0.2, 0.25) is 6.10 Å². The third-order valence-corrected chi connectivity index (χ3v) is 25.7. The van der Waals surface area contributed by atoms with Crippen molar-refractivity contribution >= 4 is 190 Å². The van der Waals surface area contributed by atoms with E-state index in [0.717, 1.165) is 28.8 Å². The fourth-order valence-corrected chi connectivity index (χ4v) is 17.6. The molecule has 0 saturated carbocycles. The molecule has 0 aliphatic rings. The second-order valence-electron chi connectivity index (χ2n) is 19.3. The van der Waals surface area contributed by atoms with Crippen LogP contribution < -0.4 is 0 Å². The van der Waals surface area contributed by atoms with E-state index in [4.69, 9.17) is 9.47 Å². The molecule has 11 nitrogen and oxygen atoms in total. The number of carbonyl (C=O) groups is 2. The molecule has 31 heteroatoms. The smallest absolute Gasteiger partial charge is 0.421 e. The Kier molecular flexibility index (Phi) is 31.3. The molecule has 0 saturated heterocycles. The van der Waals surface area contributed by atoms with E-state index in [9.17, 15) is 79.4 Å². The van der Waals surface area contributed by atoms with E-state index in [1.54, 1.807) is 48.5 Å². The Morgan fingerprint density at radius 3 is 1.09 bits per heavy atom. The molecule has 3 atom stereocenters. The molecule has 0 heterocycles. The molecule has 0 spiro atoms. The lowest BCUT2D eigenvalue weighted by atomic mass is 10.1. The van der Waals surface area contributed by atoms with Crippen LogP contribution in [0.15, 0.2) is 217 Å². The second kappa shape index (κ2) is 36.1. The molecule has 0 N–H and O–H groups in total. The average molecular weight is 2050 g/mol. The van der Waals surface area contributed by atoms with Crippen LogP contribution in [0.5, 0.6) is 0 Å². The number of hydrogen-bond donors (Lipinski definition) is 0. The molecule has 498 valence electrons. The molecule has 8 aromatic carbocycles. The lowest BCUT2D eigenvalue weighted by Crippen LogP contribution is -2.52. The number of benzene rings is 8. The van der Waals surface area contributed by atoms with E-state index in [-0.39, 0.29) is 39.5 Å². The van der Waals surface area contributed by atoms with Gasteiger partial charge in [-0.15, -0.1) is 0 Å². The van der Waals surface area contributed by atoms with Crippen molar-refractivity contribution in [2.75, 3.05) is 6.61 Å². The minimum atomic E-state index is -6.63. The van der Waals surface area contributed by atoms with Crippen LogP contribution in [0.1, 0.15) is 47.9 Å². The van der Waals surface area contributed by atoms with Gasteiger partial charge in [0.1, 0.15) is 17.5 Å². The van der Waals surface area contributed by atoms with Crippen molar-refractivity contribution < 1.29 is 93.6 Å². The monoisotopic (exact) mass is 2050 g/mol. The van der Waals surface area contributed by atoms with E-state index in [1.165, 1.54) is 77.1 Å². The zero-order valence-electron chi connectivity index (χ0n) is 47.8. The third-order valence-electron chi connectivity index (χ3n) is 12.1. The Labute approximate surface area is 617 Å². The Morgan fingerprint density at radius 1 is 0.473 bits per heavy atom. The van der Waals surface area contributed by atoms with Gasteiger partial charge in [-0.05, 0) is 282 Å². The molecular formula is C62H48F10I6O11S4. The van der Waals surface area contributed by atoms with Crippen LogP contribution in [0, 0.1) is 44.8 Å². The minimum Gasteiger partial charge on any atom is -0.743 e. The number of hydrogen-bond acceptors (Lipinski definition) is 11. The highest BCUT2D eigenvalue weighted by atomic mass is 127. The first-order valence-electron chi connectivity index (χ1n) is 26.3. The number of carbonyl (C=O) groups excluding carboxylic acids is 2. The first-order valence-corrected chi connectivity index (χ1v) is 38.1. The first-order chi connectivity index (χ1) is 43.3. The lowest BCUT2D eigenvalue weighted by Gasteiger charge is -2.32. The number of alkyl halides is 7. The first kappa shape index (κ1) is 80.5. The van der Waals surface area contributed by atoms with Crippen LogP contribution in [-0.4, -0.2) is 79.5 Å². The SMILES string of the molecule is CC(C)C(OC(=O)c1cc(I)cc(I)c1I)C(F)(F)S(=O)(=O)[O-].CC(CCOC(=O)c1cc(I)cc(I)c1I)OC(C(F)(F)F)C(F)(F)S(=O)(=O)[O-].Fc1ccc([S+](c2ccc(F)cc2)c2ccc(F)cc2)cc1.c1ccc([S+](c2ccccc2)c2ccccc2)cc1. The van der Waals surface area contributed by atoms with Crippen LogP contribution in [0.25, 0.3) is 0 Å². The highest BCUT2D eigenvalue weighted by Gasteiger charge is 2.61. The van der Waals surface area contributed by atoms with Crippen LogP contribution >= 0.6 is 136 Å². The summed E-state index contributed by atoms with van der Waals surface area (Å²) in [6, 6.07) is 57.2. The van der Waals surface area contributed by atoms with E-state index in [2.05, 4.69) is 95.7 Å². The molecule has 8 rings (SSSR count). The van der Waals surface area contributed by atoms with Gasteiger partial charge in [-0.3, -0.25) is 0 Å². The van der Waals surface area contributed by atoms with Gasteiger partial charge in [-0.2, -0.15) is 30.7 Å². The zero-order valence-corrected chi connectivity index (χ0v) is 64.0. The maximum atomic E-state index is 13.8. The van der Waals surface area contributed by atoms with Crippen LogP contribution in [0.2, 0.25) is 0 Å². The van der Waals surface area contributed by atoms with Crippen LogP contribution in [-0.2, 0) is 56.2 Å². The summed E-state index contributed by atoms with van der Waals surface area (Å²) in [4.78, 5) is 31.1. The van der Waals surface area contributed by atoms with E-state index in [0.29, 0.717) is 14.3 Å². The normalized spacial score (nSPS) is 12.9. The second-order valence-corrected chi connectivity index (χ2v) is 33.2. The minimum absolute atomic E-state index is 0.0146. The van der Waals surface area contributed by atoms with Crippen LogP contribution in [0.3, 0.4) is 0 Å². The summed E-state index contributed by atoms with van der Waals surface area (Å²) < 4.78 is 214. The highest BCUT2D eigenvalue weighted by Crippen LogP contribution is 2.40. The predicted molar refractivity (Wildman–Crippen MR) is 381 cm³/mol. The molecule has 0 aliphatic heterocycles. The van der Waals surface area contributed by atoms with Gasteiger partial charge in [0.05, 0.1) is 45.6 Å². The fraction of sp³-hybridized carbons (Fsp3) is 0.194. The standard InChI is InChI=1S/C18H12F3S.C18H15S.C14H12F5I3O6S.C12H11F2I3O5S/c19-13-1-7-16(8-2-13)22(17-9-3-14(20)4-10-17)18-11-5-15(21)6-12-18;1-4-10-16(11-5-1)19(17-12-6-2-7-13-17)18-14-8-3-9-15-18;1-6(28-12(13(15,16)17)14(18,19)29(24,25)26)2-3-27-11(23)8-4-7(20)5-9(21)10(8)22;1-5(2)10(12(13,14)23(19,20)21)22-11(18)7-3-6(15)4-8(16)9(7)17/h1-12H;1-15H;4-6,12H,2-3H2,1H3,(H,24,25,26);3-5,10H,1-2H3,(H,19,20,21)/q2*+1;;/p-2. The van der Waals surface area contributed by atoms with Gasteiger partial charge in [0, 0.05) is 27.8 Å². The van der Waals surface area contributed by atoms with Gasteiger partial charge in [0.15, 0.2) is 55.7 Å². The summed E-state index contributed by atoms with van der Waals surface area (Å²) in [5, 5.41) is -10.4. The molecule has 0 aliphatic carbocycles. The molecule has 0 bridgehead atoms. The maximum absolute atomic E-state index is 13.8. The third kappa shape index (κ3) is 23.5. The number of ether oxygens (including phenoxy) is 3. The number of rotatable bonds is 19. The van der Waals surface area contributed by atoms with Gasteiger partial charge < -0.3 is 23.3 Å². The number of esters is 2. The molecular weight excluding hydrogens is 2000 g/mol. The molecule has 93 heavy (non-hydrogen) atoms. The van der Waals surface area contributed by atoms with Crippen molar-refractivity contribution in [3.8, 4) is 0 Å². The summed E-state index contributed by atoms with van der Waals surface area (Å²) in [5.41, 5.74) is 0.249. The predicted octanol–water partition coefficient (Wildman–Crippen LogP) is 18.3. The molecule has 0 amide bonds. The van der Waals surface area contributed by atoms with Crippen molar-refractivity contribution in [1.29, 1.82) is 0 Å². The summed E-state index contributed by atoms with van der Waals surface area (Å²) in [6.45, 7) is 2.93. The number of halogens is 16. The Bertz CT molecular complexity index is 3810. The van der Waals surface area contributed by atoms with Crippen molar-refractivity contribution in [3.05, 3.63) is 238 Å². The Balaban J connectivity index is 0.000000227. The molecule has 0 fully saturated rings. The van der Waals surface area contributed by atoms with Gasteiger partial charge in [-0.25, -0.2) is 39.6 Å². The average Bonchev–Trinajstić information content (AvgIpc) is 0.814. The van der Waals surface area contributed by atoms with Gasteiger partial charge in [-0.1, -0.05) is 68.4 Å². The van der Waals surface area contributed by atoms with Crippen LogP contribution in [0.4, 0.5) is 43.9 Å². The van der Waals surface area contributed by atoms with Gasteiger partial charge in [0.25, 0.3) is 0 Å². The largest absolute Gasteiger partial charge is 0.743 e. The zero-order chi connectivity index (χ0) is 69.4. The fourth-order valence-electron chi connectivity index (χ4n) is 7.69. The van der Waals surface area contributed by atoms with Crippen molar-refractivity contribution in [1.82, 2.24) is 0 Å². The van der Waals surface area contributed by atoms with Crippen molar-refractivity contribution in [2.45, 2.75) is 91.6 Å². The topological polar surface area (TPSA) is 176 Å². The van der Waals surface area contributed by atoms with Crippen molar-refractivity contribution in [2.24, 2.45) is 5.92 Å².